The van der Waals surface area contributed by atoms with Gasteiger partial charge in [-0.3, -0.25) is 0 Å². The molecule has 0 amide bonds. The van der Waals surface area contributed by atoms with Crippen LogP contribution in [0.25, 0.3) is 98.8 Å². The summed E-state index contributed by atoms with van der Waals surface area (Å²) in [5, 5.41) is 2.40. The van der Waals surface area contributed by atoms with Crippen LogP contribution in [0, 0.1) is 0 Å². The Kier molecular flexibility index (Phi) is 7.69. The minimum atomic E-state index is -0.358. The molecule has 2 aliphatic rings. The Bertz CT molecular complexity index is 3500. The van der Waals surface area contributed by atoms with Gasteiger partial charge in [0, 0.05) is 36.9 Å². The maximum Gasteiger partial charge on any atom is 0.164 e. The van der Waals surface area contributed by atoms with Crippen LogP contribution in [0.3, 0.4) is 0 Å². The summed E-state index contributed by atoms with van der Waals surface area (Å²) in [6.07, 6.45) is 0. The van der Waals surface area contributed by atoms with Gasteiger partial charge in [-0.25, -0.2) is 15.0 Å². The van der Waals surface area contributed by atoms with E-state index in [9.17, 15) is 0 Å². The molecule has 2 heterocycles. The number of nitrogens with zero attached hydrogens (tertiary/aromatic N) is 3. The maximum absolute atomic E-state index is 5.16. The minimum Gasteiger partial charge on any atom is -0.208 e. The summed E-state index contributed by atoms with van der Waals surface area (Å²) in [5.74, 6) is 1.98. The molecular formula is C58H35N3S. The van der Waals surface area contributed by atoms with Crippen molar-refractivity contribution in [2.24, 2.45) is 0 Å². The molecule has 0 saturated carbocycles. The summed E-state index contributed by atoms with van der Waals surface area (Å²) in [6, 6.07) is 76.8. The first-order chi connectivity index (χ1) is 30.7. The van der Waals surface area contributed by atoms with Gasteiger partial charge < -0.3 is 0 Å². The molecule has 2 aliphatic carbocycles. The first-order valence-electron chi connectivity index (χ1n) is 21.1. The number of hydrogen-bond donors (Lipinski definition) is 0. The molecule has 9 aromatic carbocycles. The number of fused-ring (bicyclic) bond motifs is 13. The van der Waals surface area contributed by atoms with Crippen molar-refractivity contribution in [3.63, 3.8) is 0 Å². The van der Waals surface area contributed by atoms with Gasteiger partial charge in [0.05, 0.1) is 5.41 Å². The molecule has 1 spiro atoms. The Balaban J connectivity index is 0.864. The lowest BCUT2D eigenvalue weighted by atomic mass is 9.70. The fourth-order valence-electron chi connectivity index (χ4n) is 10.2. The monoisotopic (exact) mass is 805 g/mol. The van der Waals surface area contributed by atoms with Gasteiger partial charge in [-0.1, -0.05) is 194 Å². The van der Waals surface area contributed by atoms with E-state index in [0.717, 1.165) is 27.8 Å². The standard InChI is InChI=1S/C58H35N3S/c1-2-13-39(14-3-1)55-59-56(61-57(60-55)47-19-12-24-53-54(47)46-18-7-11-23-52(46)62-53)40-31-29-37(30-32-40)36-25-27-38(28-26-36)41-33-34-45-44-17-6-10-22-50(44)58(51(45)35-41)48-20-8-4-15-42(48)43-16-5-9-21-49(43)58/h1-35H. The van der Waals surface area contributed by atoms with Gasteiger partial charge in [0.1, 0.15) is 0 Å². The fourth-order valence-corrected chi connectivity index (χ4v) is 11.4. The van der Waals surface area contributed by atoms with Crippen molar-refractivity contribution in [2.75, 3.05) is 0 Å². The second kappa shape index (κ2) is 13.6. The van der Waals surface area contributed by atoms with E-state index in [0.29, 0.717) is 17.5 Å². The molecule has 0 fully saturated rings. The normalized spacial score (nSPS) is 13.0. The van der Waals surface area contributed by atoms with Gasteiger partial charge in [-0.15, -0.1) is 11.3 Å². The number of rotatable bonds is 5. The molecule has 13 rings (SSSR count). The Morgan fingerprint density at radius 2 is 0.726 bits per heavy atom. The van der Waals surface area contributed by atoms with Crippen molar-refractivity contribution in [2.45, 2.75) is 5.41 Å². The van der Waals surface area contributed by atoms with Crippen molar-refractivity contribution < 1.29 is 0 Å². The van der Waals surface area contributed by atoms with E-state index in [-0.39, 0.29) is 5.41 Å². The van der Waals surface area contributed by atoms with Crippen LogP contribution in [-0.4, -0.2) is 15.0 Å². The van der Waals surface area contributed by atoms with E-state index in [2.05, 4.69) is 194 Å². The van der Waals surface area contributed by atoms with Gasteiger partial charge in [0.15, 0.2) is 17.5 Å². The van der Waals surface area contributed by atoms with Crippen LogP contribution in [0.15, 0.2) is 212 Å². The lowest BCUT2D eigenvalue weighted by Gasteiger charge is -2.30. The SMILES string of the molecule is c1ccc(-c2nc(-c3ccc(-c4ccc(-c5ccc6c(c5)C5(c7ccccc7-c7ccccc75)c5ccccc5-6)cc4)cc3)nc(-c3cccc4sc5ccccc5c34)n2)cc1. The van der Waals surface area contributed by atoms with Crippen LogP contribution in [-0.2, 0) is 5.41 Å². The molecule has 4 heteroatoms. The molecular weight excluding hydrogens is 771 g/mol. The zero-order chi connectivity index (χ0) is 40.8. The van der Waals surface area contributed by atoms with Gasteiger partial charge in [-0.05, 0) is 85.0 Å². The largest absolute Gasteiger partial charge is 0.208 e. The topological polar surface area (TPSA) is 38.7 Å². The van der Waals surface area contributed by atoms with E-state index >= 15 is 0 Å². The van der Waals surface area contributed by atoms with Crippen LogP contribution in [0.1, 0.15) is 22.3 Å². The number of benzene rings is 9. The van der Waals surface area contributed by atoms with Crippen LogP contribution < -0.4 is 0 Å². The van der Waals surface area contributed by atoms with Crippen LogP contribution in [0.4, 0.5) is 0 Å². The Morgan fingerprint density at radius 1 is 0.290 bits per heavy atom. The summed E-state index contributed by atoms with van der Waals surface area (Å²) in [7, 11) is 0. The van der Waals surface area contributed by atoms with E-state index in [4.69, 9.17) is 15.0 Å². The molecule has 0 radical (unpaired) electrons. The molecule has 0 N–H and O–H groups in total. The van der Waals surface area contributed by atoms with Gasteiger partial charge in [0.2, 0.25) is 0 Å². The third-order valence-electron chi connectivity index (χ3n) is 13.0. The summed E-state index contributed by atoms with van der Waals surface area (Å²) in [6.45, 7) is 0. The third-order valence-corrected chi connectivity index (χ3v) is 14.1. The molecule has 0 unspecified atom stereocenters. The first-order valence-corrected chi connectivity index (χ1v) is 21.9. The molecule has 0 saturated heterocycles. The predicted octanol–water partition coefficient (Wildman–Crippen LogP) is 14.9. The fraction of sp³-hybridized carbons (Fsp3) is 0.0172. The molecule has 2 aromatic heterocycles. The molecule has 0 atom stereocenters. The highest BCUT2D eigenvalue weighted by Gasteiger charge is 2.51. The van der Waals surface area contributed by atoms with E-state index in [1.165, 1.54) is 75.8 Å². The minimum absolute atomic E-state index is 0.358. The zero-order valence-electron chi connectivity index (χ0n) is 33.5. The molecule has 11 aromatic rings. The third kappa shape index (κ3) is 5.14. The second-order valence-electron chi connectivity index (χ2n) is 16.3. The molecule has 62 heavy (non-hydrogen) atoms. The Morgan fingerprint density at radius 3 is 1.35 bits per heavy atom. The lowest BCUT2D eigenvalue weighted by molar-refractivity contribution is 0.794. The summed E-state index contributed by atoms with van der Waals surface area (Å²) in [5.41, 5.74) is 18.0. The number of thiophene rings is 1. The summed E-state index contributed by atoms with van der Waals surface area (Å²) in [4.78, 5) is 15.3. The second-order valence-corrected chi connectivity index (χ2v) is 17.3. The average Bonchev–Trinajstić information content (AvgIpc) is 3.98. The molecule has 0 aliphatic heterocycles. The Hall–Kier alpha value is -7.79. The van der Waals surface area contributed by atoms with Crippen molar-refractivity contribution in [3.05, 3.63) is 235 Å². The summed E-state index contributed by atoms with van der Waals surface area (Å²) < 4.78 is 2.47. The van der Waals surface area contributed by atoms with Crippen LogP contribution in [0.2, 0.25) is 0 Å². The van der Waals surface area contributed by atoms with E-state index in [1.54, 1.807) is 11.3 Å². The van der Waals surface area contributed by atoms with Crippen molar-refractivity contribution in [3.8, 4) is 78.7 Å². The Labute approximate surface area is 363 Å². The lowest BCUT2D eigenvalue weighted by Crippen LogP contribution is -2.25. The number of hydrogen-bond acceptors (Lipinski definition) is 4. The molecule has 3 nitrogen and oxygen atoms in total. The quantitative estimate of drug-likeness (QED) is 0.174. The van der Waals surface area contributed by atoms with Crippen LogP contribution in [0.5, 0.6) is 0 Å². The molecule has 0 bridgehead atoms. The highest BCUT2D eigenvalue weighted by molar-refractivity contribution is 7.25. The van der Waals surface area contributed by atoms with E-state index in [1.807, 2.05) is 18.2 Å². The maximum atomic E-state index is 5.16. The zero-order valence-corrected chi connectivity index (χ0v) is 34.3. The smallest absolute Gasteiger partial charge is 0.164 e. The summed E-state index contributed by atoms with van der Waals surface area (Å²) >= 11 is 1.80. The van der Waals surface area contributed by atoms with Gasteiger partial charge in [-0.2, -0.15) is 0 Å². The van der Waals surface area contributed by atoms with Crippen LogP contribution >= 0.6 is 11.3 Å². The highest BCUT2D eigenvalue weighted by Crippen LogP contribution is 2.63. The average molecular weight is 806 g/mol. The first kappa shape index (κ1) is 35.0. The highest BCUT2D eigenvalue weighted by atomic mass is 32.1. The van der Waals surface area contributed by atoms with E-state index < -0.39 is 0 Å². The number of aromatic nitrogens is 3. The van der Waals surface area contributed by atoms with Gasteiger partial charge >= 0.3 is 0 Å². The van der Waals surface area contributed by atoms with Crippen molar-refractivity contribution in [1.29, 1.82) is 0 Å². The predicted molar refractivity (Wildman–Crippen MR) is 256 cm³/mol. The van der Waals surface area contributed by atoms with Crippen molar-refractivity contribution in [1.82, 2.24) is 15.0 Å². The van der Waals surface area contributed by atoms with Gasteiger partial charge in [0.25, 0.3) is 0 Å². The molecule has 288 valence electrons. The van der Waals surface area contributed by atoms with Crippen molar-refractivity contribution >= 4 is 31.5 Å².